The molecule has 0 saturated carbocycles. The van der Waals surface area contributed by atoms with Crippen molar-refractivity contribution in [3.8, 4) is 0 Å². The molecule has 0 aromatic carbocycles. The minimum absolute atomic E-state index is 0.769. The third kappa shape index (κ3) is 14.1. The standard InChI is InChI=1S/C16H34Cl2NOP/c1-3-5-7-9-11-13-15-19(21(17,18)20)16-14-12-10-8-6-4-2/h3-16H2,1-2H3. The second-order valence-corrected chi connectivity index (χ2v) is 10.6. The van der Waals surface area contributed by atoms with Gasteiger partial charge >= 0.3 is 6.00 Å². The molecule has 0 fully saturated rings. The van der Waals surface area contributed by atoms with Crippen LogP contribution in [0.15, 0.2) is 0 Å². The van der Waals surface area contributed by atoms with Gasteiger partial charge in [0.2, 0.25) is 0 Å². The summed E-state index contributed by atoms with van der Waals surface area (Å²) in [6.45, 7) is 5.98. The summed E-state index contributed by atoms with van der Waals surface area (Å²) in [6, 6.07) is 0. The number of hydrogen-bond donors (Lipinski definition) is 0. The van der Waals surface area contributed by atoms with Crippen molar-refractivity contribution < 1.29 is 4.57 Å². The summed E-state index contributed by atoms with van der Waals surface area (Å²) in [7, 11) is 0. The van der Waals surface area contributed by atoms with Crippen LogP contribution in [0.25, 0.3) is 0 Å². The molecule has 0 aliphatic rings. The van der Waals surface area contributed by atoms with Gasteiger partial charge < -0.3 is 0 Å². The predicted molar refractivity (Wildman–Crippen MR) is 97.6 cm³/mol. The Labute approximate surface area is 142 Å². The minimum Gasteiger partial charge on any atom is -0.271 e. The highest BCUT2D eigenvalue weighted by atomic mass is 35.9. The molecule has 5 heteroatoms. The predicted octanol–water partition coefficient (Wildman–Crippen LogP) is 7.60. The first-order chi connectivity index (χ1) is 10.0. The maximum Gasteiger partial charge on any atom is 0.322 e. The van der Waals surface area contributed by atoms with E-state index in [9.17, 15) is 4.57 Å². The Balaban J connectivity index is 3.76. The summed E-state index contributed by atoms with van der Waals surface area (Å²) in [5.41, 5.74) is 0. The van der Waals surface area contributed by atoms with Crippen molar-refractivity contribution in [2.24, 2.45) is 0 Å². The molecule has 0 heterocycles. The molecule has 2 nitrogen and oxygen atoms in total. The fourth-order valence-electron chi connectivity index (χ4n) is 2.49. The molecule has 0 aliphatic carbocycles. The van der Waals surface area contributed by atoms with Crippen LogP contribution in [0, 0.1) is 0 Å². The quantitative estimate of drug-likeness (QED) is 0.222. The molecule has 0 spiro atoms. The molecular formula is C16H34Cl2NOP. The molecule has 0 amide bonds. The first-order valence-corrected chi connectivity index (χ1v) is 12.2. The van der Waals surface area contributed by atoms with Crippen molar-refractivity contribution in [1.29, 1.82) is 0 Å². The average Bonchev–Trinajstić information content (AvgIpc) is 2.42. The number of hydrogen-bond acceptors (Lipinski definition) is 1. The Kier molecular flexibility index (Phi) is 14.9. The summed E-state index contributed by atoms with van der Waals surface area (Å²) in [4.78, 5) is 0. The summed E-state index contributed by atoms with van der Waals surface area (Å²) in [5, 5.41) is 0. The molecule has 0 aliphatic heterocycles. The van der Waals surface area contributed by atoms with Gasteiger partial charge in [0, 0.05) is 13.1 Å². The first kappa shape index (κ1) is 21.8. The van der Waals surface area contributed by atoms with E-state index in [2.05, 4.69) is 13.8 Å². The molecule has 0 rings (SSSR count). The van der Waals surface area contributed by atoms with Crippen LogP contribution < -0.4 is 0 Å². The molecule has 0 aromatic heterocycles. The fraction of sp³-hybridized carbons (Fsp3) is 1.00. The van der Waals surface area contributed by atoms with Gasteiger partial charge in [0.1, 0.15) is 0 Å². The smallest absolute Gasteiger partial charge is 0.271 e. The Morgan fingerprint density at radius 3 is 1.33 bits per heavy atom. The summed E-state index contributed by atoms with van der Waals surface area (Å²) < 4.78 is 13.7. The van der Waals surface area contributed by atoms with Crippen molar-refractivity contribution >= 4 is 28.5 Å². The van der Waals surface area contributed by atoms with Gasteiger partial charge in [0.15, 0.2) is 0 Å². The van der Waals surface area contributed by atoms with Crippen molar-refractivity contribution in [3.05, 3.63) is 0 Å². The van der Waals surface area contributed by atoms with Gasteiger partial charge in [-0.15, -0.1) is 0 Å². The van der Waals surface area contributed by atoms with Crippen LogP contribution in [0.1, 0.15) is 90.9 Å². The van der Waals surface area contributed by atoms with Crippen molar-refractivity contribution in [2.75, 3.05) is 13.1 Å². The SMILES string of the molecule is CCCCCCCCN(CCCCCCCC)P(=O)(Cl)Cl. The molecule has 0 unspecified atom stereocenters. The molecule has 0 radical (unpaired) electrons. The number of rotatable bonds is 15. The zero-order valence-corrected chi connectivity index (χ0v) is 16.4. The third-order valence-electron chi connectivity index (χ3n) is 3.87. The van der Waals surface area contributed by atoms with E-state index in [-0.39, 0.29) is 0 Å². The fourth-order valence-corrected chi connectivity index (χ4v) is 4.15. The van der Waals surface area contributed by atoms with Gasteiger partial charge in [-0.05, 0) is 35.3 Å². The Hall–Kier alpha value is 0.770. The second kappa shape index (κ2) is 14.4. The van der Waals surface area contributed by atoms with Crippen molar-refractivity contribution in [3.63, 3.8) is 0 Å². The summed E-state index contributed by atoms with van der Waals surface area (Å²) in [6.07, 6.45) is 14.7. The molecule has 128 valence electrons. The summed E-state index contributed by atoms with van der Waals surface area (Å²) in [5.74, 6) is -3.12. The van der Waals surface area contributed by atoms with Crippen LogP contribution in [0.2, 0.25) is 0 Å². The van der Waals surface area contributed by atoms with Crippen LogP contribution in [0.3, 0.4) is 0 Å². The average molecular weight is 358 g/mol. The normalized spacial score (nSPS) is 12.2. The Bertz CT molecular complexity index is 255. The first-order valence-electron chi connectivity index (χ1n) is 8.77. The van der Waals surface area contributed by atoms with Gasteiger partial charge in [-0.2, -0.15) is 0 Å². The molecule has 0 saturated heterocycles. The minimum atomic E-state index is -3.12. The summed E-state index contributed by atoms with van der Waals surface area (Å²) >= 11 is 11.7. The maximum absolute atomic E-state index is 11.9. The van der Waals surface area contributed by atoms with E-state index in [1.165, 1.54) is 64.2 Å². The molecule has 0 bridgehead atoms. The number of nitrogens with zero attached hydrogens (tertiary/aromatic N) is 1. The Morgan fingerprint density at radius 1 is 0.667 bits per heavy atom. The molecule has 0 aromatic rings. The van der Waals surface area contributed by atoms with E-state index in [1.807, 2.05) is 0 Å². The lowest BCUT2D eigenvalue weighted by molar-refractivity contribution is 0.396. The lowest BCUT2D eigenvalue weighted by atomic mass is 10.1. The van der Waals surface area contributed by atoms with Crippen LogP contribution in [-0.2, 0) is 4.57 Å². The van der Waals surface area contributed by atoms with E-state index in [1.54, 1.807) is 4.67 Å². The third-order valence-corrected chi connectivity index (χ3v) is 6.21. The van der Waals surface area contributed by atoms with Crippen LogP contribution in [0.5, 0.6) is 0 Å². The zero-order valence-electron chi connectivity index (χ0n) is 14.0. The molecular weight excluding hydrogens is 324 g/mol. The van der Waals surface area contributed by atoms with Gasteiger partial charge in [0.05, 0.1) is 0 Å². The lowest BCUT2D eigenvalue weighted by Gasteiger charge is -2.22. The van der Waals surface area contributed by atoms with Crippen LogP contribution >= 0.6 is 28.5 Å². The topological polar surface area (TPSA) is 20.3 Å². The van der Waals surface area contributed by atoms with E-state index >= 15 is 0 Å². The molecule has 0 N–H and O–H groups in total. The van der Waals surface area contributed by atoms with Gasteiger partial charge in [0.25, 0.3) is 0 Å². The number of unbranched alkanes of at least 4 members (excludes halogenated alkanes) is 10. The number of halogens is 2. The van der Waals surface area contributed by atoms with Gasteiger partial charge in [-0.3, -0.25) is 4.57 Å². The van der Waals surface area contributed by atoms with E-state index in [0.29, 0.717) is 0 Å². The highest BCUT2D eigenvalue weighted by Crippen LogP contribution is 2.59. The van der Waals surface area contributed by atoms with Crippen molar-refractivity contribution in [2.45, 2.75) is 90.9 Å². The van der Waals surface area contributed by atoms with Crippen LogP contribution in [0.4, 0.5) is 0 Å². The highest BCUT2D eigenvalue weighted by molar-refractivity contribution is 8.06. The van der Waals surface area contributed by atoms with E-state index in [4.69, 9.17) is 22.5 Å². The molecule has 21 heavy (non-hydrogen) atoms. The molecule has 0 atom stereocenters. The van der Waals surface area contributed by atoms with E-state index < -0.39 is 6.00 Å². The largest absolute Gasteiger partial charge is 0.322 e. The second-order valence-electron chi connectivity index (χ2n) is 5.92. The Morgan fingerprint density at radius 2 is 1.00 bits per heavy atom. The van der Waals surface area contributed by atoms with Crippen molar-refractivity contribution in [1.82, 2.24) is 4.67 Å². The highest BCUT2D eigenvalue weighted by Gasteiger charge is 2.23. The van der Waals surface area contributed by atoms with Crippen LogP contribution in [-0.4, -0.2) is 17.8 Å². The maximum atomic E-state index is 11.9. The monoisotopic (exact) mass is 357 g/mol. The lowest BCUT2D eigenvalue weighted by Crippen LogP contribution is -2.19. The van der Waals surface area contributed by atoms with Gasteiger partial charge in [-0.25, -0.2) is 4.67 Å². The van der Waals surface area contributed by atoms with E-state index in [0.717, 1.165) is 25.9 Å². The zero-order chi connectivity index (χ0) is 16.0. The van der Waals surface area contributed by atoms with Gasteiger partial charge in [-0.1, -0.05) is 78.1 Å².